The van der Waals surface area contributed by atoms with E-state index in [0.717, 1.165) is 37.2 Å². The number of carbonyl (C=O) groups is 3. The van der Waals surface area contributed by atoms with E-state index in [-0.39, 0.29) is 37.1 Å². The second-order valence-corrected chi connectivity index (χ2v) is 7.44. The lowest BCUT2D eigenvalue weighted by Gasteiger charge is -2.35. The summed E-state index contributed by atoms with van der Waals surface area (Å²) in [7, 11) is 0. The van der Waals surface area contributed by atoms with Crippen LogP contribution >= 0.6 is 0 Å². The van der Waals surface area contributed by atoms with E-state index >= 15 is 0 Å². The molecule has 3 amide bonds. The van der Waals surface area contributed by atoms with Gasteiger partial charge in [0, 0.05) is 44.7 Å². The van der Waals surface area contributed by atoms with Gasteiger partial charge in [0.15, 0.2) is 0 Å². The summed E-state index contributed by atoms with van der Waals surface area (Å²) in [5.74, 6) is -0.103. The molecule has 1 aromatic carbocycles. The van der Waals surface area contributed by atoms with Gasteiger partial charge in [0.2, 0.25) is 17.7 Å². The molecule has 0 aliphatic carbocycles. The lowest BCUT2D eigenvalue weighted by Crippen LogP contribution is -2.52. The fourth-order valence-electron chi connectivity index (χ4n) is 3.86. The number of hydrogen-bond acceptors (Lipinski definition) is 3. The number of rotatable bonds is 4. The number of likely N-dealkylation sites (tertiary alicyclic amines) is 1. The van der Waals surface area contributed by atoms with E-state index in [1.165, 1.54) is 12.8 Å². The van der Waals surface area contributed by atoms with Crippen LogP contribution in [0.2, 0.25) is 0 Å². The first-order valence-corrected chi connectivity index (χ1v) is 9.98. The fourth-order valence-corrected chi connectivity index (χ4v) is 3.86. The molecule has 2 heterocycles. The zero-order valence-electron chi connectivity index (χ0n) is 16.2. The van der Waals surface area contributed by atoms with Gasteiger partial charge in [-0.05, 0) is 31.4 Å². The number of carbonyl (C=O) groups excluding carboxylic acids is 3. The van der Waals surface area contributed by atoms with Crippen LogP contribution < -0.4 is 4.90 Å². The van der Waals surface area contributed by atoms with E-state index in [0.29, 0.717) is 13.1 Å². The average Bonchev–Trinajstić information content (AvgIpc) is 2.96. The van der Waals surface area contributed by atoms with Crippen molar-refractivity contribution in [3.8, 4) is 0 Å². The Hall–Kier alpha value is -2.37. The van der Waals surface area contributed by atoms with E-state index in [1.807, 2.05) is 36.1 Å². The quantitative estimate of drug-likeness (QED) is 0.816. The largest absolute Gasteiger partial charge is 0.343 e. The molecule has 27 heavy (non-hydrogen) atoms. The lowest BCUT2D eigenvalue weighted by molar-refractivity contribution is -0.139. The number of para-hydroxylation sites is 1. The molecule has 0 unspecified atom stereocenters. The van der Waals surface area contributed by atoms with Crippen molar-refractivity contribution in [1.29, 1.82) is 0 Å². The summed E-state index contributed by atoms with van der Waals surface area (Å²) in [4.78, 5) is 42.6. The first-order chi connectivity index (χ1) is 13.1. The fraction of sp³-hybridized carbons (Fsp3) is 0.571. The Bertz CT molecular complexity index is 696. The van der Waals surface area contributed by atoms with Crippen LogP contribution in [0.5, 0.6) is 0 Å². The molecule has 0 atom stereocenters. The predicted octanol–water partition coefficient (Wildman–Crippen LogP) is 2.35. The Labute approximate surface area is 161 Å². The minimum Gasteiger partial charge on any atom is -0.343 e. The highest BCUT2D eigenvalue weighted by Gasteiger charge is 2.29. The number of anilines is 1. The lowest BCUT2D eigenvalue weighted by atomic mass is 10.1. The Morgan fingerprint density at radius 2 is 1.48 bits per heavy atom. The van der Waals surface area contributed by atoms with Gasteiger partial charge >= 0.3 is 0 Å². The van der Waals surface area contributed by atoms with Crippen LogP contribution in [-0.4, -0.2) is 60.2 Å². The summed E-state index contributed by atoms with van der Waals surface area (Å²) in [5, 5.41) is 0. The van der Waals surface area contributed by atoms with Gasteiger partial charge in [0.1, 0.15) is 6.54 Å². The minimum atomic E-state index is -0.101. The molecule has 3 rings (SSSR count). The first kappa shape index (κ1) is 19.4. The summed E-state index contributed by atoms with van der Waals surface area (Å²) < 4.78 is 0. The molecule has 0 bridgehead atoms. The Morgan fingerprint density at radius 1 is 0.852 bits per heavy atom. The van der Waals surface area contributed by atoms with Gasteiger partial charge in [-0.1, -0.05) is 31.0 Å². The maximum absolute atomic E-state index is 12.5. The molecule has 146 valence electrons. The molecule has 0 spiro atoms. The summed E-state index contributed by atoms with van der Waals surface area (Å²) in [5.41, 5.74) is 1.96. The predicted molar refractivity (Wildman–Crippen MR) is 104 cm³/mol. The molecule has 2 aliphatic rings. The van der Waals surface area contributed by atoms with Gasteiger partial charge in [0.05, 0.1) is 0 Å². The second kappa shape index (κ2) is 9.02. The number of piperazine rings is 1. The summed E-state index contributed by atoms with van der Waals surface area (Å²) in [6, 6.07) is 7.78. The molecule has 2 aliphatic heterocycles. The Kier molecular flexibility index (Phi) is 6.48. The third kappa shape index (κ3) is 4.87. The van der Waals surface area contributed by atoms with Crippen LogP contribution in [0.25, 0.3) is 0 Å². The zero-order valence-corrected chi connectivity index (χ0v) is 16.2. The van der Waals surface area contributed by atoms with Crippen molar-refractivity contribution in [1.82, 2.24) is 9.80 Å². The molecule has 0 radical (unpaired) electrons. The normalized spacial score (nSPS) is 18.4. The van der Waals surface area contributed by atoms with Crippen molar-refractivity contribution in [2.24, 2.45) is 0 Å². The number of nitrogens with zero attached hydrogens (tertiary/aromatic N) is 3. The highest BCUT2D eigenvalue weighted by molar-refractivity contribution is 5.98. The summed E-state index contributed by atoms with van der Waals surface area (Å²) >= 11 is 0. The van der Waals surface area contributed by atoms with E-state index in [4.69, 9.17) is 0 Å². The molecular weight excluding hydrogens is 342 g/mol. The van der Waals surface area contributed by atoms with E-state index in [1.54, 1.807) is 9.80 Å². The molecule has 0 N–H and O–H groups in total. The second-order valence-electron chi connectivity index (χ2n) is 7.44. The topological polar surface area (TPSA) is 60.9 Å². The van der Waals surface area contributed by atoms with Crippen molar-refractivity contribution in [3.63, 3.8) is 0 Å². The van der Waals surface area contributed by atoms with Crippen LogP contribution in [0.1, 0.15) is 44.1 Å². The maximum Gasteiger partial charge on any atom is 0.246 e. The summed E-state index contributed by atoms with van der Waals surface area (Å²) in [6.07, 6.45) is 4.88. The van der Waals surface area contributed by atoms with E-state index in [9.17, 15) is 14.4 Å². The van der Waals surface area contributed by atoms with E-state index < -0.39 is 0 Å². The van der Waals surface area contributed by atoms with Crippen molar-refractivity contribution in [2.45, 2.75) is 45.4 Å². The smallest absolute Gasteiger partial charge is 0.246 e. The van der Waals surface area contributed by atoms with Crippen LogP contribution in [0.4, 0.5) is 5.69 Å². The third-order valence-electron chi connectivity index (χ3n) is 5.49. The SMILES string of the molecule is Cc1ccccc1N1CCN(C(=O)CCC(=O)N2CCCCCC2)CC1=O. The summed E-state index contributed by atoms with van der Waals surface area (Å²) in [6.45, 7) is 4.69. The van der Waals surface area contributed by atoms with Crippen LogP contribution in [0.3, 0.4) is 0 Å². The first-order valence-electron chi connectivity index (χ1n) is 9.98. The van der Waals surface area contributed by atoms with Crippen LogP contribution in [0, 0.1) is 6.92 Å². The van der Waals surface area contributed by atoms with Gasteiger partial charge < -0.3 is 14.7 Å². The molecule has 6 heteroatoms. The van der Waals surface area contributed by atoms with Crippen molar-refractivity contribution in [3.05, 3.63) is 29.8 Å². The number of amides is 3. The van der Waals surface area contributed by atoms with Gasteiger partial charge in [-0.25, -0.2) is 0 Å². The number of benzene rings is 1. The highest BCUT2D eigenvalue weighted by atomic mass is 16.2. The minimum absolute atomic E-state index is 0.0649. The van der Waals surface area contributed by atoms with Gasteiger partial charge in [-0.3, -0.25) is 14.4 Å². The molecule has 2 saturated heterocycles. The molecule has 6 nitrogen and oxygen atoms in total. The maximum atomic E-state index is 12.5. The standard InChI is InChI=1S/C21H29N3O3/c1-17-8-4-5-9-18(17)24-15-14-23(16-21(24)27)20(26)11-10-19(25)22-12-6-2-3-7-13-22/h4-5,8-9H,2-3,6-7,10-16H2,1H3. The van der Waals surface area contributed by atoms with Gasteiger partial charge in [-0.2, -0.15) is 0 Å². The van der Waals surface area contributed by atoms with Crippen molar-refractivity contribution < 1.29 is 14.4 Å². The zero-order chi connectivity index (χ0) is 19.2. The van der Waals surface area contributed by atoms with Crippen LogP contribution in [-0.2, 0) is 14.4 Å². The molecule has 2 fully saturated rings. The molecule has 1 aromatic rings. The monoisotopic (exact) mass is 371 g/mol. The number of aryl methyl sites for hydroxylation is 1. The van der Waals surface area contributed by atoms with Crippen molar-refractivity contribution in [2.75, 3.05) is 37.6 Å². The van der Waals surface area contributed by atoms with E-state index in [2.05, 4.69) is 0 Å². The Balaban J connectivity index is 1.50. The highest BCUT2D eigenvalue weighted by Crippen LogP contribution is 2.22. The van der Waals surface area contributed by atoms with Gasteiger partial charge in [-0.15, -0.1) is 0 Å². The van der Waals surface area contributed by atoms with Crippen LogP contribution in [0.15, 0.2) is 24.3 Å². The third-order valence-corrected chi connectivity index (χ3v) is 5.49. The molecule has 0 saturated carbocycles. The molecule has 0 aromatic heterocycles. The van der Waals surface area contributed by atoms with Gasteiger partial charge in [0.25, 0.3) is 0 Å². The number of hydrogen-bond donors (Lipinski definition) is 0. The van der Waals surface area contributed by atoms with Crippen molar-refractivity contribution >= 4 is 23.4 Å². The Morgan fingerprint density at radius 3 is 2.11 bits per heavy atom. The average molecular weight is 371 g/mol. The molecular formula is C21H29N3O3.